The number of hydrogen-bond acceptors (Lipinski definition) is 2. The molecule has 0 aromatic rings. The second-order valence-electron chi connectivity index (χ2n) is 16.4. The molecule has 0 aliphatic heterocycles. The number of hydrogen-bond donors (Lipinski definition) is 2. The zero-order chi connectivity index (χ0) is 26.7. The molecule has 0 amide bonds. The topological polar surface area (TPSA) is 40.5 Å². The van der Waals surface area contributed by atoms with E-state index in [1.165, 1.54) is 37.7 Å². The number of fused-ring (bicyclic) bond motifs is 1. The van der Waals surface area contributed by atoms with Crippen LogP contribution in [0.15, 0.2) is 12.2 Å². The van der Waals surface area contributed by atoms with Gasteiger partial charge in [-0.1, -0.05) is 60.6 Å². The summed E-state index contributed by atoms with van der Waals surface area (Å²) < 4.78 is 0. The van der Waals surface area contributed by atoms with Gasteiger partial charge in [-0.2, -0.15) is 0 Å². The van der Waals surface area contributed by atoms with Gasteiger partial charge in [0, 0.05) is 0 Å². The van der Waals surface area contributed by atoms with Crippen molar-refractivity contribution in [3.05, 3.63) is 12.2 Å². The van der Waals surface area contributed by atoms with Crippen LogP contribution in [-0.2, 0) is 0 Å². The number of aliphatic hydroxyl groups is 2. The van der Waals surface area contributed by atoms with Crippen LogP contribution >= 0.6 is 0 Å². The van der Waals surface area contributed by atoms with E-state index in [-0.39, 0.29) is 5.41 Å². The van der Waals surface area contributed by atoms with Gasteiger partial charge in [-0.25, -0.2) is 0 Å². The van der Waals surface area contributed by atoms with Crippen LogP contribution in [0.5, 0.6) is 0 Å². The second-order valence-corrected chi connectivity index (χ2v) is 16.4. The molecular formula is C34H60O2. The van der Waals surface area contributed by atoms with Gasteiger partial charge in [0.2, 0.25) is 0 Å². The number of rotatable bonds is 6. The SMILES string of the molecule is C=C1C[C@@](C)(O)CC[C@]1(C)[C@H]1CC[C@]2(C)[C@@H]([C@H](C)CCC3(O)CCC(C)(C)CC3)CC[C@H]2[C@@H]1C(C)C. The zero-order valence-electron chi connectivity index (χ0n) is 25.3. The lowest BCUT2D eigenvalue weighted by Crippen LogP contribution is -2.51. The van der Waals surface area contributed by atoms with Crippen molar-refractivity contribution < 1.29 is 10.2 Å². The maximum atomic E-state index is 11.3. The minimum atomic E-state index is -0.570. The molecular weight excluding hydrogens is 440 g/mol. The van der Waals surface area contributed by atoms with Crippen LogP contribution in [0, 0.1) is 51.8 Å². The molecule has 8 atom stereocenters. The van der Waals surface area contributed by atoms with Gasteiger partial charge in [0.15, 0.2) is 0 Å². The van der Waals surface area contributed by atoms with Crippen molar-refractivity contribution in [1.29, 1.82) is 0 Å². The lowest BCUT2D eigenvalue weighted by molar-refractivity contribution is -0.0802. The summed E-state index contributed by atoms with van der Waals surface area (Å²) in [5, 5.41) is 22.1. The van der Waals surface area contributed by atoms with Crippen molar-refractivity contribution in [3.8, 4) is 0 Å². The summed E-state index contributed by atoms with van der Waals surface area (Å²) in [6.45, 7) is 23.9. The standard InChI is InChI=1S/C34H60O2/c1-23(2)29-27-11-10-26(24(3)12-15-34(36)20-16-30(5,6)17-21-34)33(27,9)14-13-28(29)32(8)19-18-31(7,35)22-25(32)4/h23-24,26-29,35-36H,4,10-22H2,1-3,5-9H3/t24-,26-,27+,28+,29+,31+,32+,33-/m1/s1. The van der Waals surface area contributed by atoms with Crippen molar-refractivity contribution in [1.82, 2.24) is 0 Å². The van der Waals surface area contributed by atoms with Crippen LogP contribution in [-0.4, -0.2) is 21.4 Å². The Morgan fingerprint density at radius 1 is 0.806 bits per heavy atom. The van der Waals surface area contributed by atoms with Gasteiger partial charge in [0.25, 0.3) is 0 Å². The van der Waals surface area contributed by atoms with Crippen molar-refractivity contribution in [2.75, 3.05) is 0 Å². The smallest absolute Gasteiger partial charge is 0.0657 e. The van der Waals surface area contributed by atoms with E-state index in [2.05, 4.69) is 55.0 Å². The zero-order valence-corrected chi connectivity index (χ0v) is 25.3. The molecule has 0 saturated heterocycles. The lowest BCUT2D eigenvalue weighted by Gasteiger charge is -2.58. The Balaban J connectivity index is 1.46. The first-order valence-corrected chi connectivity index (χ1v) is 15.7. The summed E-state index contributed by atoms with van der Waals surface area (Å²) in [4.78, 5) is 0. The molecule has 2 N–H and O–H groups in total. The second kappa shape index (κ2) is 9.69. The first kappa shape index (κ1) is 28.7. The molecule has 0 radical (unpaired) electrons. The van der Waals surface area contributed by atoms with Gasteiger partial charge in [-0.15, -0.1) is 0 Å². The Labute approximate surface area is 224 Å². The van der Waals surface area contributed by atoms with Gasteiger partial charge in [0.1, 0.15) is 0 Å². The molecule has 0 bridgehead atoms. The minimum absolute atomic E-state index is 0.167. The first-order valence-electron chi connectivity index (χ1n) is 15.7. The average Bonchev–Trinajstić information content (AvgIpc) is 3.13. The van der Waals surface area contributed by atoms with Gasteiger partial charge in [-0.3, -0.25) is 0 Å². The largest absolute Gasteiger partial charge is 0.390 e. The monoisotopic (exact) mass is 500 g/mol. The van der Waals surface area contributed by atoms with Crippen LogP contribution in [0.2, 0.25) is 0 Å². The van der Waals surface area contributed by atoms with Gasteiger partial charge in [-0.05, 0) is 142 Å². The molecule has 208 valence electrons. The molecule has 4 aliphatic rings. The summed E-state index contributed by atoms with van der Waals surface area (Å²) in [5.41, 5.74) is 1.33. The molecule has 4 aliphatic carbocycles. The van der Waals surface area contributed by atoms with Crippen LogP contribution in [0.25, 0.3) is 0 Å². The normalized spacial score (nSPS) is 45.5. The lowest BCUT2D eigenvalue weighted by atomic mass is 9.47. The summed E-state index contributed by atoms with van der Waals surface area (Å²) in [6.07, 6.45) is 14.7. The average molecular weight is 501 g/mol. The predicted octanol–water partition coefficient (Wildman–Crippen LogP) is 8.95. The van der Waals surface area contributed by atoms with Gasteiger partial charge >= 0.3 is 0 Å². The molecule has 0 aromatic carbocycles. The van der Waals surface area contributed by atoms with E-state index in [1.54, 1.807) is 0 Å². The van der Waals surface area contributed by atoms with Gasteiger partial charge in [0.05, 0.1) is 11.2 Å². The molecule has 2 nitrogen and oxygen atoms in total. The highest BCUT2D eigenvalue weighted by atomic mass is 16.3. The third-order valence-electron chi connectivity index (χ3n) is 12.9. The van der Waals surface area contributed by atoms with E-state index in [0.717, 1.165) is 69.1 Å². The Kier molecular flexibility index (Phi) is 7.71. The molecule has 0 aromatic heterocycles. The Morgan fingerprint density at radius 3 is 2.03 bits per heavy atom. The maximum absolute atomic E-state index is 11.3. The van der Waals surface area contributed by atoms with E-state index >= 15 is 0 Å². The molecule has 0 spiro atoms. The van der Waals surface area contributed by atoms with E-state index in [4.69, 9.17) is 0 Å². The highest BCUT2D eigenvalue weighted by molar-refractivity contribution is 5.20. The van der Waals surface area contributed by atoms with E-state index in [0.29, 0.717) is 28.6 Å². The fraction of sp³-hybridized carbons (Fsp3) is 0.941. The van der Waals surface area contributed by atoms with Crippen molar-refractivity contribution in [2.45, 2.75) is 150 Å². The third-order valence-corrected chi connectivity index (χ3v) is 12.9. The van der Waals surface area contributed by atoms with E-state index < -0.39 is 11.2 Å². The highest BCUT2D eigenvalue weighted by Gasteiger charge is 2.59. The third kappa shape index (κ3) is 5.25. The Hall–Kier alpha value is -0.340. The highest BCUT2D eigenvalue weighted by Crippen LogP contribution is 2.66. The molecule has 4 rings (SSSR count). The van der Waals surface area contributed by atoms with Crippen LogP contribution < -0.4 is 0 Å². The van der Waals surface area contributed by atoms with Gasteiger partial charge < -0.3 is 10.2 Å². The van der Waals surface area contributed by atoms with Crippen molar-refractivity contribution in [2.24, 2.45) is 51.8 Å². The summed E-state index contributed by atoms with van der Waals surface area (Å²) in [7, 11) is 0. The molecule has 36 heavy (non-hydrogen) atoms. The quantitative estimate of drug-likeness (QED) is 0.357. The van der Waals surface area contributed by atoms with Crippen LogP contribution in [0.1, 0.15) is 139 Å². The summed E-state index contributed by atoms with van der Waals surface area (Å²) in [5.74, 6) is 4.41. The Bertz CT molecular complexity index is 798. The predicted molar refractivity (Wildman–Crippen MR) is 153 cm³/mol. The molecule has 0 heterocycles. The van der Waals surface area contributed by atoms with Crippen molar-refractivity contribution in [3.63, 3.8) is 0 Å². The molecule has 4 fully saturated rings. The summed E-state index contributed by atoms with van der Waals surface area (Å²) in [6, 6.07) is 0. The van der Waals surface area contributed by atoms with E-state index in [1.807, 2.05) is 6.92 Å². The minimum Gasteiger partial charge on any atom is -0.390 e. The van der Waals surface area contributed by atoms with Crippen LogP contribution in [0.3, 0.4) is 0 Å². The molecule has 2 heteroatoms. The Morgan fingerprint density at radius 2 is 1.44 bits per heavy atom. The van der Waals surface area contributed by atoms with Crippen LogP contribution in [0.4, 0.5) is 0 Å². The fourth-order valence-electron chi connectivity index (χ4n) is 10.1. The van der Waals surface area contributed by atoms with E-state index in [9.17, 15) is 10.2 Å². The summed E-state index contributed by atoms with van der Waals surface area (Å²) >= 11 is 0. The van der Waals surface area contributed by atoms with Crippen molar-refractivity contribution >= 4 is 0 Å². The maximum Gasteiger partial charge on any atom is 0.0657 e. The fourth-order valence-corrected chi connectivity index (χ4v) is 10.1. The first-order chi connectivity index (χ1) is 16.5. The molecule has 0 unspecified atom stereocenters. The molecule has 4 saturated carbocycles.